The topological polar surface area (TPSA) is 64.1 Å². The van der Waals surface area contributed by atoms with E-state index in [2.05, 4.69) is 15.5 Å². The highest BCUT2D eigenvalue weighted by molar-refractivity contribution is 7.99. The van der Waals surface area contributed by atoms with Crippen LogP contribution in [0.5, 0.6) is 5.75 Å². The fourth-order valence-electron chi connectivity index (χ4n) is 2.30. The van der Waals surface area contributed by atoms with Crippen molar-refractivity contribution in [1.29, 1.82) is 0 Å². The van der Waals surface area contributed by atoms with Gasteiger partial charge in [0, 0.05) is 12.1 Å². The fraction of sp³-hybridized carbons (Fsp3) is 0.150. The van der Waals surface area contributed by atoms with Crippen molar-refractivity contribution in [3.63, 3.8) is 0 Å². The highest BCUT2D eigenvalue weighted by Crippen LogP contribution is 2.22. The van der Waals surface area contributed by atoms with Gasteiger partial charge in [0.25, 0.3) is 0 Å². The maximum absolute atomic E-state index is 11.9. The molecule has 0 aliphatic rings. The third-order valence-electron chi connectivity index (χ3n) is 3.71. The Bertz CT molecular complexity index is 837. The number of methoxy groups -OCH3 is 1. The molecule has 0 saturated carbocycles. The van der Waals surface area contributed by atoms with Crippen LogP contribution in [-0.2, 0) is 11.3 Å². The molecule has 0 aliphatic carbocycles. The number of carbonyl (C=O) groups is 1. The molecule has 1 heterocycles. The van der Waals surface area contributed by atoms with E-state index in [0.29, 0.717) is 12.3 Å². The first-order valence-electron chi connectivity index (χ1n) is 8.16. The summed E-state index contributed by atoms with van der Waals surface area (Å²) in [5.74, 6) is 1.08. The molecule has 0 radical (unpaired) electrons. The number of ether oxygens (including phenoxy) is 1. The Hall–Kier alpha value is -2.86. The first kappa shape index (κ1) is 17.9. The maximum Gasteiger partial charge on any atom is 0.230 e. The zero-order valence-corrected chi connectivity index (χ0v) is 15.2. The van der Waals surface area contributed by atoms with Crippen LogP contribution in [0.3, 0.4) is 0 Å². The van der Waals surface area contributed by atoms with Crippen molar-refractivity contribution < 1.29 is 9.53 Å². The Kier molecular flexibility index (Phi) is 6.22. The van der Waals surface area contributed by atoms with Crippen molar-refractivity contribution >= 4 is 17.7 Å². The number of hydrogen-bond donors (Lipinski definition) is 1. The largest absolute Gasteiger partial charge is 0.497 e. The third kappa shape index (κ3) is 5.07. The predicted octanol–water partition coefficient (Wildman–Crippen LogP) is 3.56. The van der Waals surface area contributed by atoms with E-state index < -0.39 is 0 Å². The van der Waals surface area contributed by atoms with E-state index in [-0.39, 0.29) is 5.91 Å². The number of aromatic nitrogens is 2. The Morgan fingerprint density at radius 3 is 2.42 bits per heavy atom. The van der Waals surface area contributed by atoms with Crippen LogP contribution in [0, 0.1) is 0 Å². The second-order valence-corrected chi connectivity index (χ2v) is 6.53. The van der Waals surface area contributed by atoms with E-state index >= 15 is 0 Å². The number of nitrogens with zero attached hydrogens (tertiary/aromatic N) is 2. The van der Waals surface area contributed by atoms with Crippen molar-refractivity contribution in [3.05, 3.63) is 72.3 Å². The summed E-state index contributed by atoms with van der Waals surface area (Å²) in [4.78, 5) is 11.9. The van der Waals surface area contributed by atoms with E-state index in [4.69, 9.17) is 4.74 Å². The van der Waals surface area contributed by atoms with Crippen molar-refractivity contribution in [3.8, 4) is 17.0 Å². The summed E-state index contributed by atoms with van der Waals surface area (Å²) in [7, 11) is 1.64. The summed E-state index contributed by atoms with van der Waals surface area (Å²) < 4.78 is 5.15. The van der Waals surface area contributed by atoms with Gasteiger partial charge >= 0.3 is 0 Å². The lowest BCUT2D eigenvalue weighted by Gasteiger charge is -2.05. The minimum Gasteiger partial charge on any atom is -0.497 e. The number of thioether (sulfide) groups is 1. The van der Waals surface area contributed by atoms with Crippen molar-refractivity contribution in [1.82, 2.24) is 15.5 Å². The SMILES string of the molecule is COc1ccc(-c2ccc(SCC(=O)NCc3ccccc3)nn2)cc1. The van der Waals surface area contributed by atoms with Gasteiger partial charge in [0.2, 0.25) is 5.91 Å². The standard InChI is InChI=1S/C20H19N3O2S/c1-25-17-9-7-16(8-10-17)18-11-12-20(23-22-18)26-14-19(24)21-13-15-5-3-2-4-6-15/h2-12H,13-14H2,1H3,(H,21,24). The van der Waals surface area contributed by atoms with Gasteiger partial charge in [-0.3, -0.25) is 4.79 Å². The maximum atomic E-state index is 11.9. The van der Waals surface area contributed by atoms with Gasteiger partial charge in [0.15, 0.2) is 0 Å². The van der Waals surface area contributed by atoms with Crippen LogP contribution in [0.1, 0.15) is 5.56 Å². The number of carbonyl (C=O) groups excluding carboxylic acids is 1. The summed E-state index contributed by atoms with van der Waals surface area (Å²) in [6.07, 6.45) is 0. The number of benzene rings is 2. The predicted molar refractivity (Wildman–Crippen MR) is 103 cm³/mol. The molecule has 0 unspecified atom stereocenters. The molecule has 0 aliphatic heterocycles. The molecule has 132 valence electrons. The van der Waals surface area contributed by atoms with Gasteiger partial charge in [-0.15, -0.1) is 10.2 Å². The van der Waals surface area contributed by atoms with E-state index in [0.717, 1.165) is 27.6 Å². The molecular weight excluding hydrogens is 346 g/mol. The molecule has 3 rings (SSSR count). The van der Waals surface area contributed by atoms with Gasteiger partial charge < -0.3 is 10.1 Å². The molecule has 1 N–H and O–H groups in total. The van der Waals surface area contributed by atoms with Crippen LogP contribution < -0.4 is 10.1 Å². The molecule has 2 aromatic carbocycles. The molecule has 1 aromatic heterocycles. The van der Waals surface area contributed by atoms with Crippen LogP contribution >= 0.6 is 11.8 Å². The lowest BCUT2D eigenvalue weighted by atomic mass is 10.1. The number of amides is 1. The monoisotopic (exact) mass is 365 g/mol. The molecule has 3 aromatic rings. The molecule has 5 nitrogen and oxygen atoms in total. The molecule has 0 bridgehead atoms. The first-order chi connectivity index (χ1) is 12.7. The van der Waals surface area contributed by atoms with E-state index in [1.807, 2.05) is 66.7 Å². The molecule has 0 atom stereocenters. The zero-order chi connectivity index (χ0) is 18.2. The number of rotatable bonds is 7. The summed E-state index contributed by atoms with van der Waals surface area (Å²) in [5.41, 5.74) is 2.83. The Labute approximate surface area is 156 Å². The molecule has 0 saturated heterocycles. The van der Waals surface area contributed by atoms with Crippen LogP contribution in [0.2, 0.25) is 0 Å². The number of nitrogens with one attached hydrogen (secondary N) is 1. The zero-order valence-electron chi connectivity index (χ0n) is 14.4. The minimum atomic E-state index is -0.0279. The quantitative estimate of drug-likeness (QED) is 0.649. The summed E-state index contributed by atoms with van der Waals surface area (Å²) in [6.45, 7) is 0.530. The second kappa shape index (κ2) is 9.01. The summed E-state index contributed by atoms with van der Waals surface area (Å²) >= 11 is 1.37. The highest BCUT2D eigenvalue weighted by atomic mass is 32.2. The van der Waals surface area contributed by atoms with Gasteiger partial charge in [-0.1, -0.05) is 42.1 Å². The van der Waals surface area contributed by atoms with Gasteiger partial charge in [0.1, 0.15) is 10.8 Å². The van der Waals surface area contributed by atoms with E-state index in [9.17, 15) is 4.79 Å². The lowest BCUT2D eigenvalue weighted by Crippen LogP contribution is -2.24. The first-order valence-corrected chi connectivity index (χ1v) is 9.15. The molecule has 1 amide bonds. The molecule has 0 fully saturated rings. The third-order valence-corrected chi connectivity index (χ3v) is 4.63. The molecule has 26 heavy (non-hydrogen) atoms. The van der Waals surface area contributed by atoms with Gasteiger partial charge in [-0.25, -0.2) is 0 Å². The highest BCUT2D eigenvalue weighted by Gasteiger charge is 2.06. The second-order valence-electron chi connectivity index (χ2n) is 5.54. The van der Waals surface area contributed by atoms with Crippen molar-refractivity contribution in [2.45, 2.75) is 11.6 Å². The van der Waals surface area contributed by atoms with Gasteiger partial charge in [0.05, 0.1) is 18.6 Å². The van der Waals surface area contributed by atoms with E-state index in [1.54, 1.807) is 7.11 Å². The normalized spacial score (nSPS) is 10.3. The smallest absolute Gasteiger partial charge is 0.230 e. The average Bonchev–Trinajstić information content (AvgIpc) is 2.72. The Morgan fingerprint density at radius 1 is 1.00 bits per heavy atom. The van der Waals surface area contributed by atoms with Gasteiger partial charge in [-0.05, 0) is 42.0 Å². The van der Waals surface area contributed by atoms with Crippen LogP contribution in [0.25, 0.3) is 11.3 Å². The molecule has 6 heteroatoms. The molecule has 0 spiro atoms. The van der Waals surface area contributed by atoms with Crippen LogP contribution in [-0.4, -0.2) is 29.0 Å². The summed E-state index contributed by atoms with van der Waals surface area (Å²) in [6, 6.07) is 21.3. The lowest BCUT2D eigenvalue weighted by molar-refractivity contribution is -0.118. The Balaban J connectivity index is 1.50. The van der Waals surface area contributed by atoms with Crippen LogP contribution in [0.15, 0.2) is 71.8 Å². The van der Waals surface area contributed by atoms with Gasteiger partial charge in [-0.2, -0.15) is 0 Å². The molecular formula is C20H19N3O2S. The Morgan fingerprint density at radius 2 is 1.77 bits per heavy atom. The number of hydrogen-bond acceptors (Lipinski definition) is 5. The van der Waals surface area contributed by atoms with Crippen LogP contribution in [0.4, 0.5) is 0 Å². The minimum absolute atomic E-state index is 0.0279. The van der Waals surface area contributed by atoms with E-state index in [1.165, 1.54) is 11.8 Å². The average molecular weight is 365 g/mol. The fourth-order valence-corrected chi connectivity index (χ4v) is 2.94. The van der Waals surface area contributed by atoms with Crippen molar-refractivity contribution in [2.75, 3.05) is 12.9 Å². The van der Waals surface area contributed by atoms with Crippen molar-refractivity contribution in [2.24, 2.45) is 0 Å². The summed E-state index contributed by atoms with van der Waals surface area (Å²) in [5, 5.41) is 12.0.